The molecule has 0 bridgehead atoms. The quantitative estimate of drug-likeness (QED) is 0.430. The second-order valence-corrected chi connectivity index (χ2v) is 8.82. The van der Waals surface area contributed by atoms with Crippen molar-refractivity contribution in [3.8, 4) is 28.6 Å². The topological polar surface area (TPSA) is 98.6 Å². The fraction of sp³-hybridized carbons (Fsp3) is 0.120. The molecule has 174 valence electrons. The number of hydrogen-bond acceptors (Lipinski definition) is 7. The molecular formula is C25H19N5O4S. The molecule has 0 aliphatic carbocycles. The summed E-state index contributed by atoms with van der Waals surface area (Å²) >= 11 is 1.27. The highest BCUT2D eigenvalue weighted by Gasteiger charge is 2.27. The van der Waals surface area contributed by atoms with Crippen molar-refractivity contribution in [1.82, 2.24) is 14.8 Å². The highest BCUT2D eigenvalue weighted by molar-refractivity contribution is 7.99. The maximum absolute atomic E-state index is 13.2. The lowest BCUT2D eigenvalue weighted by Gasteiger charge is -2.29. The van der Waals surface area contributed by atoms with E-state index in [9.17, 15) is 9.59 Å². The molecule has 0 atom stereocenters. The van der Waals surface area contributed by atoms with Gasteiger partial charge in [-0.05, 0) is 42.5 Å². The first-order valence-electron chi connectivity index (χ1n) is 10.9. The molecule has 6 rings (SSSR count). The van der Waals surface area contributed by atoms with E-state index in [1.54, 1.807) is 6.07 Å². The molecule has 3 aromatic carbocycles. The van der Waals surface area contributed by atoms with Crippen LogP contribution in [0.15, 0.2) is 78.0 Å². The van der Waals surface area contributed by atoms with Crippen LogP contribution < -0.4 is 19.7 Å². The van der Waals surface area contributed by atoms with Crippen molar-refractivity contribution in [3.63, 3.8) is 0 Å². The minimum Gasteiger partial charge on any atom is -0.454 e. The maximum Gasteiger partial charge on any atom is 0.244 e. The van der Waals surface area contributed by atoms with Crippen LogP contribution in [0.25, 0.3) is 17.1 Å². The van der Waals surface area contributed by atoms with Gasteiger partial charge in [-0.25, -0.2) is 0 Å². The van der Waals surface area contributed by atoms with Crippen molar-refractivity contribution in [1.29, 1.82) is 0 Å². The van der Waals surface area contributed by atoms with E-state index in [-0.39, 0.29) is 30.9 Å². The summed E-state index contributed by atoms with van der Waals surface area (Å²) < 4.78 is 12.9. The van der Waals surface area contributed by atoms with E-state index >= 15 is 0 Å². The van der Waals surface area contributed by atoms with Gasteiger partial charge < -0.3 is 19.7 Å². The third kappa shape index (κ3) is 3.97. The van der Waals surface area contributed by atoms with Crippen molar-refractivity contribution in [2.75, 3.05) is 29.3 Å². The number of benzene rings is 3. The molecule has 1 aromatic heterocycles. The molecule has 2 aliphatic rings. The molecular weight excluding hydrogens is 466 g/mol. The van der Waals surface area contributed by atoms with Gasteiger partial charge in [0.25, 0.3) is 0 Å². The number of ether oxygens (including phenoxy) is 2. The van der Waals surface area contributed by atoms with Crippen LogP contribution in [0.5, 0.6) is 11.5 Å². The van der Waals surface area contributed by atoms with Crippen LogP contribution in [0.1, 0.15) is 0 Å². The summed E-state index contributed by atoms with van der Waals surface area (Å²) in [7, 11) is 0. The lowest BCUT2D eigenvalue weighted by molar-refractivity contribution is -0.120. The van der Waals surface area contributed by atoms with E-state index in [0.717, 1.165) is 11.3 Å². The van der Waals surface area contributed by atoms with Crippen LogP contribution in [0, 0.1) is 0 Å². The van der Waals surface area contributed by atoms with Gasteiger partial charge in [-0.2, -0.15) is 0 Å². The number of thioether (sulfide) groups is 1. The second kappa shape index (κ2) is 8.80. The Bertz CT molecular complexity index is 1440. The molecule has 3 heterocycles. The molecule has 0 saturated heterocycles. The number of nitrogens with one attached hydrogen (secondary N) is 1. The normalized spacial score (nSPS) is 13.9. The molecule has 9 nitrogen and oxygen atoms in total. The fourth-order valence-corrected chi connectivity index (χ4v) is 4.88. The van der Waals surface area contributed by atoms with Crippen molar-refractivity contribution < 1.29 is 19.1 Å². The van der Waals surface area contributed by atoms with E-state index in [1.165, 1.54) is 16.7 Å². The average Bonchev–Trinajstić information content (AvgIpc) is 3.53. The molecule has 35 heavy (non-hydrogen) atoms. The maximum atomic E-state index is 13.2. The fourth-order valence-electron chi connectivity index (χ4n) is 4.06. The predicted molar refractivity (Wildman–Crippen MR) is 131 cm³/mol. The Morgan fingerprint density at radius 1 is 0.971 bits per heavy atom. The highest BCUT2D eigenvalue weighted by atomic mass is 32.2. The SMILES string of the molecule is O=C1CN(C(=O)CSc2nnc(-c3ccc4c(c3)OCO4)n2-c2ccccc2)c2ccccc2N1. The lowest BCUT2D eigenvalue weighted by Crippen LogP contribution is -2.43. The van der Waals surface area contributed by atoms with Crippen molar-refractivity contribution in [2.24, 2.45) is 0 Å². The number of anilines is 2. The molecule has 1 N–H and O–H groups in total. The molecule has 0 fully saturated rings. The summed E-state index contributed by atoms with van der Waals surface area (Å²) in [4.78, 5) is 26.8. The smallest absolute Gasteiger partial charge is 0.244 e. The van der Waals surface area contributed by atoms with Gasteiger partial charge in [0.15, 0.2) is 22.5 Å². The molecule has 0 unspecified atom stereocenters. The molecule has 4 aromatic rings. The van der Waals surface area contributed by atoms with Gasteiger partial charge in [0.05, 0.1) is 17.1 Å². The number of amides is 2. The largest absolute Gasteiger partial charge is 0.454 e. The number of aromatic nitrogens is 3. The lowest BCUT2D eigenvalue weighted by atomic mass is 10.2. The highest BCUT2D eigenvalue weighted by Crippen LogP contribution is 2.37. The Balaban J connectivity index is 1.31. The van der Waals surface area contributed by atoms with Crippen LogP contribution in [0.3, 0.4) is 0 Å². The molecule has 0 radical (unpaired) electrons. The summed E-state index contributed by atoms with van der Waals surface area (Å²) in [5, 5.41) is 12.2. The third-order valence-corrected chi connectivity index (χ3v) is 6.59. The predicted octanol–water partition coefficient (Wildman–Crippen LogP) is 3.74. The third-order valence-electron chi connectivity index (χ3n) is 5.67. The Labute approximate surface area is 204 Å². The minimum absolute atomic E-state index is 0.0236. The number of carbonyl (C=O) groups is 2. The standard InChI is InChI=1S/C25H19N5O4S/c31-22-13-29(19-9-5-4-8-18(19)26-22)23(32)14-35-25-28-27-24(30(25)17-6-2-1-3-7-17)16-10-11-20-21(12-16)34-15-33-20/h1-12H,13-15H2,(H,26,31). The summed E-state index contributed by atoms with van der Waals surface area (Å²) in [5.41, 5.74) is 2.98. The minimum atomic E-state index is -0.223. The Hall–Kier alpha value is -4.31. The zero-order chi connectivity index (χ0) is 23.8. The average molecular weight is 486 g/mol. The van der Waals surface area contributed by atoms with Crippen LogP contribution >= 0.6 is 11.8 Å². The first-order valence-corrected chi connectivity index (χ1v) is 11.9. The summed E-state index contributed by atoms with van der Waals surface area (Å²) in [6.07, 6.45) is 0. The second-order valence-electron chi connectivity index (χ2n) is 7.88. The van der Waals surface area contributed by atoms with E-state index in [0.29, 0.717) is 33.9 Å². The molecule has 2 aliphatic heterocycles. The van der Waals surface area contributed by atoms with Gasteiger partial charge in [-0.15, -0.1) is 10.2 Å². The van der Waals surface area contributed by atoms with Crippen molar-refractivity contribution >= 4 is 35.0 Å². The van der Waals surface area contributed by atoms with Crippen LogP contribution in [-0.2, 0) is 9.59 Å². The van der Waals surface area contributed by atoms with Crippen molar-refractivity contribution in [3.05, 3.63) is 72.8 Å². The van der Waals surface area contributed by atoms with E-state index in [4.69, 9.17) is 9.47 Å². The zero-order valence-corrected chi connectivity index (χ0v) is 19.2. The van der Waals surface area contributed by atoms with Gasteiger partial charge in [-0.3, -0.25) is 14.2 Å². The molecule has 0 saturated carbocycles. The van der Waals surface area contributed by atoms with Crippen LogP contribution in [-0.4, -0.2) is 45.7 Å². The number of para-hydroxylation sites is 3. The summed E-state index contributed by atoms with van der Waals surface area (Å²) in [6.45, 7) is 0.162. The van der Waals surface area contributed by atoms with Crippen LogP contribution in [0.4, 0.5) is 11.4 Å². The molecule has 10 heteroatoms. The number of hydrogen-bond donors (Lipinski definition) is 1. The summed E-state index contributed by atoms with van der Waals surface area (Å²) in [5.74, 6) is 1.63. The number of rotatable bonds is 5. The van der Waals surface area contributed by atoms with Gasteiger partial charge in [-0.1, -0.05) is 42.1 Å². The molecule has 0 spiro atoms. The first-order chi connectivity index (χ1) is 17.2. The number of nitrogens with zero attached hydrogens (tertiary/aromatic N) is 4. The Morgan fingerprint density at radius 2 is 1.77 bits per heavy atom. The van der Waals surface area contributed by atoms with Crippen LogP contribution in [0.2, 0.25) is 0 Å². The van der Waals surface area contributed by atoms with E-state index < -0.39 is 0 Å². The summed E-state index contributed by atoms with van der Waals surface area (Å²) in [6, 6.07) is 22.6. The first kappa shape index (κ1) is 21.2. The number of carbonyl (C=O) groups excluding carboxylic acids is 2. The monoisotopic (exact) mass is 485 g/mol. The van der Waals surface area contributed by atoms with E-state index in [1.807, 2.05) is 71.3 Å². The Kier molecular flexibility index (Phi) is 5.34. The zero-order valence-electron chi connectivity index (χ0n) is 18.4. The van der Waals surface area contributed by atoms with Gasteiger partial charge in [0, 0.05) is 11.3 Å². The Morgan fingerprint density at radius 3 is 2.66 bits per heavy atom. The van der Waals surface area contributed by atoms with E-state index in [2.05, 4.69) is 15.5 Å². The van der Waals surface area contributed by atoms with Gasteiger partial charge >= 0.3 is 0 Å². The van der Waals surface area contributed by atoms with Gasteiger partial charge in [0.1, 0.15) is 6.54 Å². The number of fused-ring (bicyclic) bond motifs is 2. The molecule has 2 amide bonds. The van der Waals surface area contributed by atoms with Crippen molar-refractivity contribution in [2.45, 2.75) is 5.16 Å². The van der Waals surface area contributed by atoms with Gasteiger partial charge in [0.2, 0.25) is 18.6 Å².